The number of hydrogen-bond donors (Lipinski definition) is 0. The fraction of sp³-hybridized carbons (Fsp3) is 0.357. The third-order valence-electron chi connectivity index (χ3n) is 3.40. The highest BCUT2D eigenvalue weighted by molar-refractivity contribution is 7.07. The molecular formula is C14H16N4OS. The summed E-state index contributed by atoms with van der Waals surface area (Å²) in [6.45, 7) is 4.97. The molecule has 1 aromatic carbocycles. The summed E-state index contributed by atoms with van der Waals surface area (Å²) in [5.41, 5.74) is 1.21. The molecule has 1 amide bonds. The molecule has 1 saturated heterocycles. The van der Waals surface area contributed by atoms with E-state index >= 15 is 0 Å². The quantitative estimate of drug-likeness (QED) is 0.845. The molecule has 6 heteroatoms. The van der Waals surface area contributed by atoms with Crippen molar-refractivity contribution in [1.29, 1.82) is 0 Å². The number of hydrogen-bond acceptors (Lipinski definition) is 5. The summed E-state index contributed by atoms with van der Waals surface area (Å²) < 4.78 is 4.07. The molecule has 0 N–H and O–H groups in total. The van der Waals surface area contributed by atoms with E-state index in [-0.39, 0.29) is 5.91 Å². The van der Waals surface area contributed by atoms with Gasteiger partial charge in [-0.1, -0.05) is 18.2 Å². The maximum atomic E-state index is 12.3. The smallest absolute Gasteiger partial charge is 0.284 e. The van der Waals surface area contributed by atoms with Crippen molar-refractivity contribution < 1.29 is 4.79 Å². The van der Waals surface area contributed by atoms with Gasteiger partial charge in [-0.25, -0.2) is 4.98 Å². The molecular weight excluding hydrogens is 272 g/mol. The Balaban J connectivity index is 1.63. The Labute approximate surface area is 122 Å². The van der Waals surface area contributed by atoms with Gasteiger partial charge in [-0.05, 0) is 30.6 Å². The van der Waals surface area contributed by atoms with Crippen LogP contribution in [0, 0.1) is 6.92 Å². The van der Waals surface area contributed by atoms with Crippen LogP contribution in [-0.4, -0.2) is 46.3 Å². The summed E-state index contributed by atoms with van der Waals surface area (Å²) in [6, 6.07) is 10.3. The minimum Gasteiger partial charge on any atom is -0.368 e. The van der Waals surface area contributed by atoms with Crippen molar-refractivity contribution >= 4 is 23.1 Å². The number of nitrogens with zero attached hydrogens (tertiary/aromatic N) is 4. The zero-order valence-corrected chi connectivity index (χ0v) is 12.1. The second-order valence-electron chi connectivity index (χ2n) is 4.76. The molecule has 0 atom stereocenters. The Bertz CT molecular complexity index is 590. The molecule has 3 rings (SSSR count). The average molecular weight is 288 g/mol. The van der Waals surface area contributed by atoms with Crippen LogP contribution in [0.1, 0.15) is 15.6 Å². The van der Waals surface area contributed by atoms with Gasteiger partial charge >= 0.3 is 0 Å². The van der Waals surface area contributed by atoms with Gasteiger partial charge in [-0.15, -0.1) is 0 Å². The van der Waals surface area contributed by atoms with Crippen LogP contribution < -0.4 is 4.90 Å². The molecule has 0 unspecified atom stereocenters. The number of carbonyl (C=O) groups excluding carboxylic acids is 1. The summed E-state index contributed by atoms with van der Waals surface area (Å²) in [5.74, 6) is 0.671. The maximum absolute atomic E-state index is 12.3. The van der Waals surface area contributed by atoms with Crippen LogP contribution >= 0.6 is 11.5 Å². The third-order valence-corrected chi connectivity index (χ3v) is 4.19. The lowest BCUT2D eigenvalue weighted by Gasteiger charge is -2.35. The first-order valence-electron chi connectivity index (χ1n) is 6.63. The molecule has 2 aromatic rings. The van der Waals surface area contributed by atoms with Crippen molar-refractivity contribution in [2.75, 3.05) is 31.1 Å². The van der Waals surface area contributed by atoms with Crippen LogP contribution in [0.5, 0.6) is 0 Å². The number of benzene rings is 1. The van der Waals surface area contributed by atoms with E-state index in [1.807, 2.05) is 23.1 Å². The molecule has 0 saturated carbocycles. The van der Waals surface area contributed by atoms with E-state index in [1.165, 1.54) is 17.2 Å². The van der Waals surface area contributed by atoms with Gasteiger partial charge in [0.25, 0.3) is 5.91 Å². The lowest BCUT2D eigenvalue weighted by molar-refractivity contribution is 0.0746. The summed E-state index contributed by atoms with van der Waals surface area (Å²) in [4.78, 5) is 20.6. The largest absolute Gasteiger partial charge is 0.368 e. The molecule has 0 radical (unpaired) electrons. The maximum Gasteiger partial charge on any atom is 0.284 e. The molecule has 0 bridgehead atoms. The van der Waals surface area contributed by atoms with Crippen molar-refractivity contribution in [3.63, 3.8) is 0 Å². The van der Waals surface area contributed by atoms with Gasteiger partial charge in [0.2, 0.25) is 5.01 Å². The number of anilines is 1. The van der Waals surface area contributed by atoms with Gasteiger partial charge in [0, 0.05) is 31.9 Å². The molecule has 5 nitrogen and oxygen atoms in total. The molecule has 1 aromatic heterocycles. The average Bonchev–Trinajstić information content (AvgIpc) is 2.94. The lowest BCUT2D eigenvalue weighted by atomic mass is 10.2. The van der Waals surface area contributed by atoms with Crippen LogP contribution in [-0.2, 0) is 0 Å². The van der Waals surface area contributed by atoms with Gasteiger partial charge in [0.1, 0.15) is 5.82 Å². The van der Waals surface area contributed by atoms with E-state index in [4.69, 9.17) is 0 Å². The minimum atomic E-state index is 0.00307. The summed E-state index contributed by atoms with van der Waals surface area (Å²) >= 11 is 1.18. The van der Waals surface area contributed by atoms with Crippen LogP contribution in [0.4, 0.5) is 5.69 Å². The molecule has 0 aliphatic carbocycles. The second-order valence-corrected chi connectivity index (χ2v) is 5.51. The van der Waals surface area contributed by atoms with E-state index in [9.17, 15) is 4.79 Å². The molecule has 1 aliphatic heterocycles. The molecule has 104 valence electrons. The van der Waals surface area contributed by atoms with Crippen LogP contribution in [0.2, 0.25) is 0 Å². The number of para-hydroxylation sites is 1. The van der Waals surface area contributed by atoms with Crippen molar-refractivity contribution in [1.82, 2.24) is 14.3 Å². The molecule has 20 heavy (non-hydrogen) atoms. The topological polar surface area (TPSA) is 49.3 Å². The normalized spacial score (nSPS) is 15.4. The Morgan fingerprint density at radius 2 is 1.85 bits per heavy atom. The zero-order chi connectivity index (χ0) is 13.9. The Hall–Kier alpha value is -1.95. The minimum absolute atomic E-state index is 0.00307. The predicted molar refractivity (Wildman–Crippen MR) is 79.2 cm³/mol. The fourth-order valence-electron chi connectivity index (χ4n) is 2.33. The van der Waals surface area contributed by atoms with Crippen molar-refractivity contribution in [2.24, 2.45) is 0 Å². The van der Waals surface area contributed by atoms with E-state index in [0.717, 1.165) is 26.2 Å². The van der Waals surface area contributed by atoms with E-state index in [1.54, 1.807) is 6.92 Å². The first kappa shape index (κ1) is 13.1. The van der Waals surface area contributed by atoms with E-state index in [2.05, 4.69) is 26.4 Å². The fourth-order valence-corrected chi connectivity index (χ4v) is 2.97. The Morgan fingerprint density at radius 3 is 2.45 bits per heavy atom. The highest BCUT2D eigenvalue weighted by Gasteiger charge is 2.24. The molecule has 1 fully saturated rings. The summed E-state index contributed by atoms with van der Waals surface area (Å²) in [5, 5.41) is 0.496. The van der Waals surface area contributed by atoms with Crippen LogP contribution in [0.15, 0.2) is 30.3 Å². The van der Waals surface area contributed by atoms with Crippen LogP contribution in [0.3, 0.4) is 0 Å². The summed E-state index contributed by atoms with van der Waals surface area (Å²) in [6.07, 6.45) is 0. The van der Waals surface area contributed by atoms with Gasteiger partial charge < -0.3 is 9.80 Å². The van der Waals surface area contributed by atoms with E-state index < -0.39 is 0 Å². The number of piperazine rings is 1. The predicted octanol–water partition coefficient (Wildman–Crippen LogP) is 1.81. The molecule has 2 heterocycles. The zero-order valence-electron chi connectivity index (χ0n) is 11.3. The van der Waals surface area contributed by atoms with Gasteiger partial charge in [-0.3, -0.25) is 4.79 Å². The van der Waals surface area contributed by atoms with Crippen LogP contribution in [0.25, 0.3) is 0 Å². The highest BCUT2D eigenvalue weighted by Crippen LogP contribution is 2.17. The molecule has 0 spiro atoms. The molecule has 1 aliphatic rings. The van der Waals surface area contributed by atoms with E-state index in [0.29, 0.717) is 10.8 Å². The van der Waals surface area contributed by atoms with Gasteiger partial charge in [-0.2, -0.15) is 4.37 Å². The van der Waals surface area contributed by atoms with Crippen molar-refractivity contribution in [2.45, 2.75) is 6.92 Å². The number of aromatic nitrogens is 2. The highest BCUT2D eigenvalue weighted by atomic mass is 32.1. The third kappa shape index (κ3) is 2.65. The van der Waals surface area contributed by atoms with Gasteiger partial charge in [0.15, 0.2) is 0 Å². The number of aryl methyl sites for hydroxylation is 1. The summed E-state index contributed by atoms with van der Waals surface area (Å²) in [7, 11) is 0. The first-order chi connectivity index (χ1) is 9.74. The number of amides is 1. The SMILES string of the molecule is Cc1nsc(C(=O)N2CCN(c3ccccc3)CC2)n1. The number of carbonyl (C=O) groups is 1. The van der Waals surface area contributed by atoms with Crippen molar-refractivity contribution in [3.05, 3.63) is 41.2 Å². The first-order valence-corrected chi connectivity index (χ1v) is 7.41. The Kier molecular flexibility index (Phi) is 3.64. The monoisotopic (exact) mass is 288 g/mol. The standard InChI is InChI=1S/C14H16N4OS/c1-11-15-13(20-16-11)14(19)18-9-7-17(8-10-18)12-5-3-2-4-6-12/h2-6H,7-10H2,1H3. The van der Waals surface area contributed by atoms with Gasteiger partial charge in [0.05, 0.1) is 0 Å². The second kappa shape index (κ2) is 5.58. The lowest BCUT2D eigenvalue weighted by Crippen LogP contribution is -2.48. The number of rotatable bonds is 2. The van der Waals surface area contributed by atoms with Crippen molar-refractivity contribution in [3.8, 4) is 0 Å². The Morgan fingerprint density at radius 1 is 1.15 bits per heavy atom.